The van der Waals surface area contributed by atoms with E-state index in [4.69, 9.17) is 11.6 Å². The number of aromatic nitrogens is 3. The number of amides is 1. The van der Waals surface area contributed by atoms with Crippen molar-refractivity contribution in [3.63, 3.8) is 0 Å². The van der Waals surface area contributed by atoms with Crippen LogP contribution in [0.25, 0.3) is 11.3 Å². The van der Waals surface area contributed by atoms with Crippen LogP contribution in [-0.2, 0) is 17.9 Å². The summed E-state index contributed by atoms with van der Waals surface area (Å²) >= 11 is 6.18. The number of halogens is 2. The number of carbonyl (C=O) groups excluding carboxylic acids is 1. The Balaban J connectivity index is 1.44. The average molecular weight is 442 g/mol. The Morgan fingerprint density at radius 3 is 2.68 bits per heavy atom. The molecule has 4 rings (SSSR count). The number of hydrogen-bond acceptors (Lipinski definition) is 4. The van der Waals surface area contributed by atoms with Gasteiger partial charge in [-0.2, -0.15) is 15.0 Å². The predicted molar refractivity (Wildman–Crippen MR) is 118 cm³/mol. The van der Waals surface area contributed by atoms with Crippen LogP contribution in [0.1, 0.15) is 30.5 Å². The Morgan fingerprint density at radius 1 is 1.10 bits per heavy atom. The van der Waals surface area contributed by atoms with Crippen LogP contribution in [0.5, 0.6) is 0 Å². The van der Waals surface area contributed by atoms with E-state index in [2.05, 4.69) is 15.5 Å². The Kier molecular flexibility index (Phi) is 6.94. The van der Waals surface area contributed by atoms with E-state index >= 15 is 0 Å². The lowest BCUT2D eigenvalue weighted by molar-refractivity contribution is -0.127. The molecule has 1 amide bonds. The highest BCUT2D eigenvalue weighted by atomic mass is 35.5. The summed E-state index contributed by atoms with van der Waals surface area (Å²) in [5.41, 5.74) is 2.87. The van der Waals surface area contributed by atoms with Crippen LogP contribution in [0, 0.1) is 5.82 Å². The molecule has 2 aromatic carbocycles. The molecule has 0 atom stereocenters. The minimum Gasteiger partial charge on any atom is -0.343 e. The van der Waals surface area contributed by atoms with Gasteiger partial charge in [-0.25, -0.2) is 4.39 Å². The molecule has 0 saturated carbocycles. The average Bonchev–Trinajstić information content (AvgIpc) is 3.37. The maximum atomic E-state index is 14.2. The number of hydrogen-bond donors (Lipinski definition) is 1. The summed E-state index contributed by atoms with van der Waals surface area (Å²) < 4.78 is 14.2. The first-order valence-corrected chi connectivity index (χ1v) is 10.9. The van der Waals surface area contributed by atoms with E-state index in [0.717, 1.165) is 49.4 Å². The molecule has 1 aromatic heterocycles. The number of benzene rings is 2. The molecule has 0 spiro atoms. The minimum absolute atomic E-state index is 0.155. The van der Waals surface area contributed by atoms with Gasteiger partial charge in [0.2, 0.25) is 5.91 Å². The van der Waals surface area contributed by atoms with E-state index in [1.165, 1.54) is 10.9 Å². The molecule has 31 heavy (non-hydrogen) atoms. The third-order valence-electron chi connectivity index (χ3n) is 5.38. The number of nitrogens with zero attached hydrogens (tertiary/aromatic N) is 4. The summed E-state index contributed by atoms with van der Waals surface area (Å²) in [6.07, 6.45) is 2.51. The lowest BCUT2D eigenvalue weighted by atomic mass is 10.1. The fourth-order valence-electron chi connectivity index (χ4n) is 3.76. The van der Waals surface area contributed by atoms with E-state index in [1.807, 2.05) is 35.2 Å². The zero-order valence-corrected chi connectivity index (χ0v) is 18.0. The summed E-state index contributed by atoms with van der Waals surface area (Å²) in [6, 6.07) is 14.4. The lowest BCUT2D eigenvalue weighted by Crippen LogP contribution is -2.28. The zero-order valence-electron chi connectivity index (χ0n) is 17.2. The second kappa shape index (κ2) is 10.0. The molecule has 8 heteroatoms. The first kappa shape index (κ1) is 21.5. The quantitative estimate of drug-likeness (QED) is 0.512. The zero-order chi connectivity index (χ0) is 21.6. The number of likely N-dealkylation sites (tertiary alicyclic amines) is 1. The highest BCUT2D eigenvalue weighted by molar-refractivity contribution is 6.31. The molecule has 1 aliphatic rings. The van der Waals surface area contributed by atoms with Gasteiger partial charge in [-0.1, -0.05) is 48.0 Å². The van der Waals surface area contributed by atoms with Crippen molar-refractivity contribution in [2.24, 2.45) is 0 Å². The van der Waals surface area contributed by atoms with Crippen molar-refractivity contribution in [3.8, 4) is 11.3 Å². The van der Waals surface area contributed by atoms with Crippen LogP contribution >= 0.6 is 11.6 Å². The molecule has 1 N–H and O–H groups in total. The SMILES string of the molecule is O=C1CCCN1CCCNCc1nn(Cc2c(F)cccc2Cl)nc1-c1ccccc1. The monoisotopic (exact) mass is 441 g/mol. The molecule has 1 fully saturated rings. The van der Waals surface area contributed by atoms with E-state index in [1.54, 1.807) is 12.1 Å². The Morgan fingerprint density at radius 2 is 1.94 bits per heavy atom. The van der Waals surface area contributed by atoms with Crippen LogP contribution < -0.4 is 5.32 Å². The topological polar surface area (TPSA) is 63.1 Å². The smallest absolute Gasteiger partial charge is 0.222 e. The van der Waals surface area contributed by atoms with Gasteiger partial charge < -0.3 is 10.2 Å². The van der Waals surface area contributed by atoms with Crippen molar-refractivity contribution in [1.82, 2.24) is 25.2 Å². The second-order valence-electron chi connectivity index (χ2n) is 7.61. The van der Waals surface area contributed by atoms with Crippen LogP contribution in [0.2, 0.25) is 5.02 Å². The van der Waals surface area contributed by atoms with Crippen LogP contribution in [-0.4, -0.2) is 45.4 Å². The molecular formula is C23H25ClFN5O. The van der Waals surface area contributed by atoms with Gasteiger partial charge >= 0.3 is 0 Å². The second-order valence-corrected chi connectivity index (χ2v) is 8.01. The molecule has 0 unspecified atom stereocenters. The number of carbonyl (C=O) groups is 1. The molecule has 162 valence electrons. The van der Waals surface area contributed by atoms with Gasteiger partial charge in [-0.15, -0.1) is 0 Å². The van der Waals surface area contributed by atoms with Crippen molar-refractivity contribution in [3.05, 3.63) is 70.6 Å². The molecule has 0 aliphatic carbocycles. The van der Waals surface area contributed by atoms with Gasteiger partial charge in [0.15, 0.2) is 0 Å². The molecule has 0 radical (unpaired) electrons. The van der Waals surface area contributed by atoms with Crippen LogP contribution in [0.3, 0.4) is 0 Å². The summed E-state index contributed by atoms with van der Waals surface area (Å²) in [6.45, 7) is 3.09. The Bertz CT molecular complexity index is 1020. The highest BCUT2D eigenvalue weighted by Gasteiger charge is 2.19. The van der Waals surface area contributed by atoms with E-state index < -0.39 is 0 Å². The largest absolute Gasteiger partial charge is 0.343 e. The maximum Gasteiger partial charge on any atom is 0.222 e. The first-order chi connectivity index (χ1) is 15.1. The standard InChI is InChI=1S/C23H25ClFN5O/c24-19-9-4-10-20(25)18(19)16-30-27-21(23(28-30)17-7-2-1-3-8-17)15-26-12-6-14-29-13-5-11-22(29)31/h1-4,7-10,26H,5-6,11-16H2. The van der Waals surface area contributed by atoms with Crippen molar-refractivity contribution in [1.29, 1.82) is 0 Å². The van der Waals surface area contributed by atoms with Gasteiger partial charge in [0, 0.05) is 42.2 Å². The van der Waals surface area contributed by atoms with Gasteiger partial charge in [-0.05, 0) is 31.5 Å². The van der Waals surface area contributed by atoms with Gasteiger partial charge in [-0.3, -0.25) is 4.79 Å². The Hall–Kier alpha value is -2.77. The van der Waals surface area contributed by atoms with Gasteiger partial charge in [0.05, 0.1) is 6.54 Å². The van der Waals surface area contributed by atoms with Crippen LogP contribution in [0.4, 0.5) is 4.39 Å². The number of rotatable bonds is 9. The third-order valence-corrected chi connectivity index (χ3v) is 5.73. The molecule has 1 saturated heterocycles. The van der Waals surface area contributed by atoms with E-state index in [9.17, 15) is 9.18 Å². The van der Waals surface area contributed by atoms with Crippen LogP contribution in [0.15, 0.2) is 48.5 Å². The molecule has 3 aromatic rings. The van der Waals surface area contributed by atoms with E-state index in [-0.39, 0.29) is 18.3 Å². The molecule has 1 aliphatic heterocycles. The Labute approximate surface area is 186 Å². The molecule has 6 nitrogen and oxygen atoms in total. The maximum absolute atomic E-state index is 14.2. The summed E-state index contributed by atoms with van der Waals surface area (Å²) in [7, 11) is 0. The van der Waals surface area contributed by atoms with E-state index in [0.29, 0.717) is 23.6 Å². The first-order valence-electron chi connectivity index (χ1n) is 10.5. The molecule has 2 heterocycles. The third kappa shape index (κ3) is 5.29. The van der Waals surface area contributed by atoms with Crippen molar-refractivity contribution in [2.45, 2.75) is 32.4 Å². The molecule has 0 bridgehead atoms. The highest BCUT2D eigenvalue weighted by Crippen LogP contribution is 2.23. The van der Waals surface area contributed by atoms with Crippen molar-refractivity contribution in [2.75, 3.05) is 19.6 Å². The molecular weight excluding hydrogens is 417 g/mol. The summed E-state index contributed by atoms with van der Waals surface area (Å²) in [4.78, 5) is 15.1. The fraction of sp³-hybridized carbons (Fsp3) is 0.348. The fourth-order valence-corrected chi connectivity index (χ4v) is 3.98. The summed E-state index contributed by atoms with van der Waals surface area (Å²) in [5, 5.41) is 13.0. The normalized spacial score (nSPS) is 13.9. The van der Waals surface area contributed by atoms with Gasteiger partial charge in [0.25, 0.3) is 0 Å². The van der Waals surface area contributed by atoms with Crippen molar-refractivity contribution < 1.29 is 9.18 Å². The predicted octanol–water partition coefficient (Wildman–Crippen LogP) is 3.89. The minimum atomic E-state index is -0.373. The van der Waals surface area contributed by atoms with Crippen molar-refractivity contribution >= 4 is 17.5 Å². The lowest BCUT2D eigenvalue weighted by Gasteiger charge is -2.15. The van der Waals surface area contributed by atoms with Gasteiger partial charge in [0.1, 0.15) is 17.2 Å². The summed E-state index contributed by atoms with van der Waals surface area (Å²) in [5.74, 6) is -0.122. The number of nitrogens with one attached hydrogen (secondary N) is 1.